The van der Waals surface area contributed by atoms with Gasteiger partial charge in [0.15, 0.2) is 5.65 Å². The predicted molar refractivity (Wildman–Crippen MR) is 69.8 cm³/mol. The standard InChI is InChI=1S/C13H18N4O/c1-10-5-3-7-17-11(10)15-12(16-17)14-9-13(2)6-4-8-18-13/h3,5,7H,4,6,8-9H2,1-2H3,(H,14,16). The summed E-state index contributed by atoms with van der Waals surface area (Å²) in [6.07, 6.45) is 4.14. The zero-order chi connectivity index (χ0) is 12.6. The molecule has 0 bridgehead atoms. The molecule has 1 saturated heterocycles. The predicted octanol–water partition coefficient (Wildman–Crippen LogP) is 2.02. The van der Waals surface area contributed by atoms with E-state index in [1.54, 1.807) is 4.52 Å². The molecule has 0 aromatic carbocycles. The van der Waals surface area contributed by atoms with Gasteiger partial charge in [-0.2, -0.15) is 4.98 Å². The summed E-state index contributed by atoms with van der Waals surface area (Å²) < 4.78 is 7.54. The molecule has 1 N–H and O–H groups in total. The van der Waals surface area contributed by atoms with E-state index in [2.05, 4.69) is 22.3 Å². The fourth-order valence-electron chi connectivity index (χ4n) is 2.36. The highest BCUT2D eigenvalue weighted by Crippen LogP contribution is 2.25. The van der Waals surface area contributed by atoms with Gasteiger partial charge in [0.05, 0.1) is 5.60 Å². The second-order valence-electron chi connectivity index (χ2n) is 5.15. The molecule has 5 heteroatoms. The minimum Gasteiger partial charge on any atom is -0.373 e. The maximum Gasteiger partial charge on any atom is 0.243 e. The first-order valence-electron chi connectivity index (χ1n) is 6.36. The Morgan fingerprint density at radius 2 is 2.44 bits per heavy atom. The summed E-state index contributed by atoms with van der Waals surface area (Å²) in [4.78, 5) is 4.49. The molecular weight excluding hydrogens is 228 g/mol. The number of aryl methyl sites for hydroxylation is 1. The molecule has 0 radical (unpaired) electrons. The van der Waals surface area contributed by atoms with Crippen LogP contribution in [0.1, 0.15) is 25.3 Å². The van der Waals surface area contributed by atoms with Crippen molar-refractivity contribution in [2.75, 3.05) is 18.5 Å². The van der Waals surface area contributed by atoms with Crippen LogP contribution in [0.15, 0.2) is 18.3 Å². The van der Waals surface area contributed by atoms with E-state index >= 15 is 0 Å². The molecule has 96 valence electrons. The third kappa shape index (κ3) is 2.06. The van der Waals surface area contributed by atoms with Crippen molar-refractivity contribution in [3.05, 3.63) is 23.9 Å². The van der Waals surface area contributed by atoms with Gasteiger partial charge in [0.1, 0.15) is 0 Å². The largest absolute Gasteiger partial charge is 0.373 e. The van der Waals surface area contributed by atoms with Gasteiger partial charge in [-0.25, -0.2) is 4.52 Å². The SMILES string of the molecule is Cc1cccn2nc(NCC3(C)CCCO3)nc12. The number of rotatable bonds is 3. The lowest BCUT2D eigenvalue weighted by molar-refractivity contribution is 0.0314. The van der Waals surface area contributed by atoms with Gasteiger partial charge in [-0.1, -0.05) is 6.07 Å². The third-order valence-corrected chi connectivity index (χ3v) is 3.48. The number of nitrogens with zero attached hydrogens (tertiary/aromatic N) is 3. The molecule has 0 spiro atoms. The first-order chi connectivity index (χ1) is 8.66. The van der Waals surface area contributed by atoms with Gasteiger partial charge in [-0.05, 0) is 38.3 Å². The van der Waals surface area contributed by atoms with Gasteiger partial charge in [0.25, 0.3) is 0 Å². The molecule has 1 atom stereocenters. The zero-order valence-corrected chi connectivity index (χ0v) is 10.8. The Morgan fingerprint density at radius 1 is 1.56 bits per heavy atom. The number of pyridine rings is 1. The lowest BCUT2D eigenvalue weighted by atomic mass is 10.0. The molecule has 0 aliphatic carbocycles. The van der Waals surface area contributed by atoms with Crippen LogP contribution < -0.4 is 5.32 Å². The van der Waals surface area contributed by atoms with E-state index in [1.165, 1.54) is 0 Å². The number of anilines is 1. The highest BCUT2D eigenvalue weighted by molar-refractivity contribution is 5.49. The molecule has 2 aromatic heterocycles. The van der Waals surface area contributed by atoms with Crippen LogP contribution in [0.3, 0.4) is 0 Å². The average molecular weight is 246 g/mol. The van der Waals surface area contributed by atoms with E-state index < -0.39 is 0 Å². The summed E-state index contributed by atoms with van der Waals surface area (Å²) in [6, 6.07) is 4.01. The molecule has 1 aliphatic heterocycles. The topological polar surface area (TPSA) is 51.5 Å². The maximum absolute atomic E-state index is 5.74. The average Bonchev–Trinajstić information content (AvgIpc) is 2.94. The van der Waals surface area contributed by atoms with E-state index in [9.17, 15) is 0 Å². The molecule has 2 aromatic rings. The molecule has 18 heavy (non-hydrogen) atoms. The number of fused-ring (bicyclic) bond motifs is 1. The van der Waals surface area contributed by atoms with Crippen LogP contribution in [0.4, 0.5) is 5.95 Å². The Balaban J connectivity index is 1.77. The van der Waals surface area contributed by atoms with Gasteiger partial charge >= 0.3 is 0 Å². The molecular formula is C13H18N4O. The van der Waals surface area contributed by atoms with Crippen LogP contribution in [0.25, 0.3) is 5.65 Å². The first kappa shape index (κ1) is 11.5. The lowest BCUT2D eigenvalue weighted by Crippen LogP contribution is -2.32. The minimum atomic E-state index is -0.0769. The molecule has 0 saturated carbocycles. The van der Waals surface area contributed by atoms with Crippen LogP contribution in [0.5, 0.6) is 0 Å². The summed E-state index contributed by atoms with van der Waals surface area (Å²) in [5.41, 5.74) is 1.95. The van der Waals surface area contributed by atoms with Gasteiger partial charge in [-0.3, -0.25) is 0 Å². The van der Waals surface area contributed by atoms with Crippen LogP contribution in [-0.2, 0) is 4.74 Å². The molecule has 1 unspecified atom stereocenters. The first-order valence-corrected chi connectivity index (χ1v) is 6.36. The fraction of sp³-hybridized carbons (Fsp3) is 0.538. The minimum absolute atomic E-state index is 0.0769. The number of hydrogen-bond donors (Lipinski definition) is 1. The summed E-state index contributed by atoms with van der Waals surface area (Å²) in [6.45, 7) is 5.78. The van der Waals surface area contributed by atoms with Crippen molar-refractivity contribution in [2.45, 2.75) is 32.3 Å². The van der Waals surface area contributed by atoms with E-state index in [1.807, 2.05) is 25.3 Å². The summed E-state index contributed by atoms with van der Waals surface area (Å²) in [5, 5.41) is 7.68. The van der Waals surface area contributed by atoms with Crippen LogP contribution in [0, 0.1) is 6.92 Å². The number of aromatic nitrogens is 3. The van der Waals surface area contributed by atoms with Crippen LogP contribution in [-0.4, -0.2) is 33.4 Å². The van der Waals surface area contributed by atoms with Gasteiger partial charge < -0.3 is 10.1 Å². The highest BCUT2D eigenvalue weighted by Gasteiger charge is 2.29. The maximum atomic E-state index is 5.74. The van der Waals surface area contributed by atoms with Crippen LogP contribution >= 0.6 is 0 Å². The summed E-state index contributed by atoms with van der Waals surface area (Å²) >= 11 is 0. The highest BCUT2D eigenvalue weighted by atomic mass is 16.5. The fourth-order valence-corrected chi connectivity index (χ4v) is 2.36. The van der Waals surface area contributed by atoms with Crippen molar-refractivity contribution >= 4 is 11.6 Å². The van der Waals surface area contributed by atoms with Crippen molar-refractivity contribution in [2.24, 2.45) is 0 Å². The van der Waals surface area contributed by atoms with Gasteiger partial charge in [0, 0.05) is 19.3 Å². The Bertz CT molecular complexity index is 557. The molecule has 1 aliphatic rings. The summed E-state index contributed by atoms with van der Waals surface area (Å²) in [5.74, 6) is 0.668. The van der Waals surface area contributed by atoms with E-state index in [4.69, 9.17) is 4.74 Å². The van der Waals surface area contributed by atoms with Gasteiger partial charge in [0.2, 0.25) is 5.95 Å². The van der Waals surface area contributed by atoms with Crippen LogP contribution in [0.2, 0.25) is 0 Å². The molecule has 3 rings (SSSR count). The Kier molecular flexibility index (Phi) is 2.70. The number of nitrogens with one attached hydrogen (secondary N) is 1. The molecule has 5 nitrogen and oxygen atoms in total. The molecule has 0 amide bonds. The quantitative estimate of drug-likeness (QED) is 0.900. The summed E-state index contributed by atoms with van der Waals surface area (Å²) in [7, 11) is 0. The van der Waals surface area contributed by atoms with Crippen molar-refractivity contribution in [3.8, 4) is 0 Å². The monoisotopic (exact) mass is 246 g/mol. The Morgan fingerprint density at radius 3 is 3.17 bits per heavy atom. The van der Waals surface area contributed by atoms with Crippen molar-refractivity contribution in [1.82, 2.24) is 14.6 Å². The second-order valence-corrected chi connectivity index (χ2v) is 5.15. The van der Waals surface area contributed by atoms with E-state index in [0.717, 1.165) is 37.2 Å². The van der Waals surface area contributed by atoms with Crippen molar-refractivity contribution in [1.29, 1.82) is 0 Å². The Labute approximate surface area is 106 Å². The zero-order valence-electron chi connectivity index (χ0n) is 10.8. The molecule has 1 fully saturated rings. The third-order valence-electron chi connectivity index (χ3n) is 3.48. The van der Waals surface area contributed by atoms with E-state index in [-0.39, 0.29) is 5.60 Å². The van der Waals surface area contributed by atoms with Gasteiger partial charge in [-0.15, -0.1) is 5.10 Å². The van der Waals surface area contributed by atoms with E-state index in [0.29, 0.717) is 5.95 Å². The lowest BCUT2D eigenvalue weighted by Gasteiger charge is -2.22. The normalized spacial score (nSPS) is 23.7. The second kappa shape index (κ2) is 4.24. The van der Waals surface area contributed by atoms with Crippen molar-refractivity contribution < 1.29 is 4.74 Å². The molecule has 3 heterocycles. The van der Waals surface area contributed by atoms with Crippen molar-refractivity contribution in [3.63, 3.8) is 0 Å². The smallest absolute Gasteiger partial charge is 0.243 e. The number of hydrogen-bond acceptors (Lipinski definition) is 4. The Hall–Kier alpha value is -1.62. The number of ether oxygens (including phenoxy) is 1.